The van der Waals surface area contributed by atoms with Crippen LogP contribution in [0.4, 0.5) is 15.8 Å². The van der Waals surface area contributed by atoms with Gasteiger partial charge in [0.05, 0.1) is 11.3 Å². The molecule has 0 aromatic heterocycles. The van der Waals surface area contributed by atoms with E-state index in [9.17, 15) is 23.6 Å². The van der Waals surface area contributed by atoms with Crippen LogP contribution in [-0.2, 0) is 20.9 Å². The highest BCUT2D eigenvalue weighted by atomic mass is 19.1. The molecule has 0 bridgehead atoms. The third-order valence-electron chi connectivity index (χ3n) is 7.76. The number of hydrogen-bond donors (Lipinski definition) is 1. The molecule has 0 radical (unpaired) electrons. The zero-order chi connectivity index (χ0) is 29.2. The quantitative estimate of drug-likeness (QED) is 0.317. The molecular formula is C32H28FN3O6. The molecule has 214 valence electrons. The molecule has 0 saturated heterocycles. The van der Waals surface area contributed by atoms with Crippen molar-refractivity contribution in [2.75, 3.05) is 23.6 Å². The summed E-state index contributed by atoms with van der Waals surface area (Å²) >= 11 is 0. The first kappa shape index (κ1) is 27.2. The largest absolute Gasteiger partial charge is 0.454 e. The van der Waals surface area contributed by atoms with Crippen LogP contribution in [0.3, 0.4) is 0 Å². The van der Waals surface area contributed by atoms with Gasteiger partial charge in [-0.3, -0.25) is 24.1 Å². The summed E-state index contributed by atoms with van der Waals surface area (Å²) in [6.07, 6.45) is 6.00. The van der Waals surface area contributed by atoms with Gasteiger partial charge in [-0.05, 0) is 67.1 Å². The van der Waals surface area contributed by atoms with Gasteiger partial charge in [0, 0.05) is 18.3 Å². The second kappa shape index (κ2) is 11.5. The summed E-state index contributed by atoms with van der Waals surface area (Å²) in [5, 5.41) is 2.94. The summed E-state index contributed by atoms with van der Waals surface area (Å²) in [4.78, 5) is 56.3. The molecule has 9 nitrogen and oxygen atoms in total. The van der Waals surface area contributed by atoms with Crippen LogP contribution in [-0.4, -0.2) is 47.8 Å². The highest BCUT2D eigenvalue weighted by Crippen LogP contribution is 2.35. The Morgan fingerprint density at radius 3 is 2.57 bits per heavy atom. The number of carbonyl (C=O) groups is 4. The molecule has 2 atom stereocenters. The summed E-state index contributed by atoms with van der Waals surface area (Å²) in [5.41, 5.74) is 1.67. The van der Waals surface area contributed by atoms with Crippen molar-refractivity contribution in [3.05, 3.63) is 95.8 Å². The van der Waals surface area contributed by atoms with E-state index in [1.165, 1.54) is 17.0 Å². The number of anilines is 2. The third-order valence-corrected chi connectivity index (χ3v) is 7.76. The average Bonchev–Trinajstić information content (AvgIpc) is 3.57. The number of carbonyl (C=O) groups excluding carboxylic acids is 4. The van der Waals surface area contributed by atoms with Gasteiger partial charge in [0.1, 0.15) is 18.4 Å². The molecule has 2 aliphatic heterocycles. The second-order valence-electron chi connectivity index (χ2n) is 10.4. The number of allylic oxidation sites excluding steroid dienone is 2. The van der Waals surface area contributed by atoms with Crippen LogP contribution in [0.2, 0.25) is 0 Å². The summed E-state index contributed by atoms with van der Waals surface area (Å²) in [6.45, 7) is -0.347. The van der Waals surface area contributed by atoms with Crippen LogP contribution in [0.25, 0.3) is 0 Å². The van der Waals surface area contributed by atoms with E-state index in [1.807, 2.05) is 12.2 Å². The fourth-order valence-corrected chi connectivity index (χ4v) is 5.66. The second-order valence-corrected chi connectivity index (χ2v) is 10.4. The fraction of sp³-hybridized carbons (Fsp3) is 0.250. The number of fused-ring (bicyclic) bond motifs is 2. The SMILES string of the molecule is O=C1C(=O)N(CC(=O)N(Cc2ccc(F)cc2)[C@H](C(=O)Nc2ccc3c(c2)OCO3)[C@@H]2CC=CCC2)c2ccccc21. The molecule has 3 amide bonds. The number of para-hydroxylation sites is 1. The van der Waals surface area contributed by atoms with Crippen molar-refractivity contribution in [1.29, 1.82) is 0 Å². The minimum atomic E-state index is -0.929. The number of rotatable bonds is 8. The van der Waals surface area contributed by atoms with Crippen molar-refractivity contribution in [2.45, 2.75) is 31.8 Å². The first-order chi connectivity index (χ1) is 20.4. The number of hydrogen-bond acceptors (Lipinski definition) is 6. The van der Waals surface area contributed by atoms with Crippen LogP contribution in [0, 0.1) is 11.7 Å². The van der Waals surface area contributed by atoms with Crippen LogP contribution < -0.4 is 19.7 Å². The number of ketones is 1. The van der Waals surface area contributed by atoms with E-state index in [0.717, 1.165) is 11.3 Å². The smallest absolute Gasteiger partial charge is 0.299 e. The number of nitrogens with one attached hydrogen (secondary N) is 1. The molecule has 3 aromatic rings. The van der Waals surface area contributed by atoms with Crippen LogP contribution in [0.5, 0.6) is 11.5 Å². The number of ether oxygens (including phenoxy) is 2. The number of amides is 3. The van der Waals surface area contributed by atoms with Gasteiger partial charge >= 0.3 is 0 Å². The number of halogens is 1. The molecule has 1 aliphatic carbocycles. The summed E-state index contributed by atoms with van der Waals surface area (Å²) < 4.78 is 24.6. The maximum Gasteiger partial charge on any atom is 0.299 e. The molecule has 0 unspecified atom stereocenters. The van der Waals surface area contributed by atoms with Crippen molar-refractivity contribution in [3.63, 3.8) is 0 Å². The lowest BCUT2D eigenvalue weighted by atomic mass is 9.85. The lowest BCUT2D eigenvalue weighted by Gasteiger charge is -2.37. The highest BCUT2D eigenvalue weighted by Gasteiger charge is 2.41. The topological polar surface area (TPSA) is 105 Å². The highest BCUT2D eigenvalue weighted by molar-refractivity contribution is 6.52. The Labute approximate surface area is 241 Å². The van der Waals surface area contributed by atoms with Crippen LogP contribution in [0.15, 0.2) is 78.9 Å². The van der Waals surface area contributed by atoms with Crippen molar-refractivity contribution < 1.29 is 33.0 Å². The molecule has 1 N–H and O–H groups in total. The van der Waals surface area contributed by atoms with Gasteiger partial charge in [-0.1, -0.05) is 36.4 Å². The van der Waals surface area contributed by atoms with Gasteiger partial charge in [0.25, 0.3) is 11.7 Å². The normalized spacial score (nSPS) is 17.6. The Morgan fingerprint density at radius 1 is 1.00 bits per heavy atom. The molecule has 0 spiro atoms. The van der Waals surface area contributed by atoms with Gasteiger partial charge in [0.2, 0.25) is 18.6 Å². The molecule has 42 heavy (non-hydrogen) atoms. The Hall–Kier alpha value is -4.99. The van der Waals surface area contributed by atoms with E-state index in [4.69, 9.17) is 9.47 Å². The van der Waals surface area contributed by atoms with Gasteiger partial charge in [-0.15, -0.1) is 0 Å². The average molecular weight is 570 g/mol. The van der Waals surface area contributed by atoms with Crippen molar-refractivity contribution in [1.82, 2.24) is 4.90 Å². The lowest BCUT2D eigenvalue weighted by Crippen LogP contribution is -2.54. The zero-order valence-corrected chi connectivity index (χ0v) is 22.6. The summed E-state index contributed by atoms with van der Waals surface area (Å²) in [5.74, 6) is -1.99. The number of benzene rings is 3. The van der Waals surface area contributed by atoms with E-state index >= 15 is 0 Å². The molecule has 10 heteroatoms. The minimum absolute atomic E-state index is 0.00379. The Kier molecular flexibility index (Phi) is 7.43. The number of nitrogens with zero attached hydrogens (tertiary/aromatic N) is 2. The first-order valence-electron chi connectivity index (χ1n) is 13.7. The monoisotopic (exact) mass is 569 g/mol. The van der Waals surface area contributed by atoms with Gasteiger partial charge in [-0.25, -0.2) is 4.39 Å². The van der Waals surface area contributed by atoms with E-state index in [1.54, 1.807) is 54.6 Å². The van der Waals surface area contributed by atoms with Crippen molar-refractivity contribution in [3.8, 4) is 11.5 Å². The minimum Gasteiger partial charge on any atom is -0.454 e. The van der Waals surface area contributed by atoms with E-state index in [0.29, 0.717) is 41.3 Å². The molecule has 2 heterocycles. The lowest BCUT2D eigenvalue weighted by molar-refractivity contribution is -0.140. The summed E-state index contributed by atoms with van der Waals surface area (Å²) in [6, 6.07) is 16.3. The fourth-order valence-electron chi connectivity index (χ4n) is 5.66. The Morgan fingerprint density at radius 2 is 1.79 bits per heavy atom. The first-order valence-corrected chi connectivity index (χ1v) is 13.7. The molecule has 0 fully saturated rings. The van der Waals surface area contributed by atoms with E-state index in [2.05, 4.69) is 5.32 Å². The predicted octanol–water partition coefficient (Wildman–Crippen LogP) is 4.48. The third kappa shape index (κ3) is 5.35. The van der Waals surface area contributed by atoms with Gasteiger partial charge in [0.15, 0.2) is 11.5 Å². The number of Topliss-reactive ketones (excluding diaryl/α,β-unsaturated/α-hetero) is 1. The van der Waals surface area contributed by atoms with E-state index in [-0.39, 0.29) is 24.8 Å². The Bertz CT molecular complexity index is 1590. The van der Waals surface area contributed by atoms with Gasteiger partial charge in [-0.2, -0.15) is 0 Å². The summed E-state index contributed by atoms with van der Waals surface area (Å²) in [7, 11) is 0. The molecule has 3 aromatic carbocycles. The molecular weight excluding hydrogens is 541 g/mol. The van der Waals surface area contributed by atoms with Crippen LogP contribution >= 0.6 is 0 Å². The maximum atomic E-state index is 14.1. The van der Waals surface area contributed by atoms with Gasteiger partial charge < -0.3 is 19.7 Å². The Balaban J connectivity index is 1.34. The maximum absolute atomic E-state index is 14.1. The molecule has 0 saturated carbocycles. The van der Waals surface area contributed by atoms with Crippen LogP contribution in [0.1, 0.15) is 35.2 Å². The molecule has 3 aliphatic rings. The van der Waals surface area contributed by atoms with Crippen molar-refractivity contribution >= 4 is 34.9 Å². The molecule has 6 rings (SSSR count). The zero-order valence-electron chi connectivity index (χ0n) is 22.6. The van der Waals surface area contributed by atoms with E-state index < -0.39 is 41.9 Å². The standard InChI is InChI=1S/C32H28FN3O6/c33-22-12-10-20(11-13-22)17-36(28(37)18-35-25-9-5-4-8-24(25)30(38)32(35)40)29(21-6-2-1-3-7-21)31(39)34-23-14-15-26-27(16-23)42-19-41-26/h1-2,4-5,8-16,21,29H,3,6-7,17-19H2,(H,34,39)/t21-,29+/m1/s1. The predicted molar refractivity (Wildman–Crippen MR) is 152 cm³/mol. The van der Waals surface area contributed by atoms with Crippen molar-refractivity contribution in [2.24, 2.45) is 5.92 Å².